The summed E-state index contributed by atoms with van der Waals surface area (Å²) in [6, 6.07) is 0. The summed E-state index contributed by atoms with van der Waals surface area (Å²) in [4.78, 5) is 14.4. The SMILES string of the molecule is CC(C)C1CCN(C(=O)C(C)C2CNC2)CC1. The lowest BCUT2D eigenvalue weighted by Crippen LogP contribution is -2.51. The average molecular weight is 238 g/mol. The Morgan fingerprint density at radius 2 is 1.71 bits per heavy atom. The van der Waals surface area contributed by atoms with Gasteiger partial charge >= 0.3 is 0 Å². The fourth-order valence-electron chi connectivity index (χ4n) is 2.94. The summed E-state index contributed by atoms with van der Waals surface area (Å²) in [7, 11) is 0. The van der Waals surface area contributed by atoms with Gasteiger partial charge in [-0.2, -0.15) is 0 Å². The molecular weight excluding hydrogens is 212 g/mol. The highest BCUT2D eigenvalue weighted by Gasteiger charge is 2.33. The number of nitrogens with one attached hydrogen (secondary N) is 1. The molecule has 2 rings (SSSR count). The molecule has 0 saturated carbocycles. The normalized spacial score (nSPS) is 24.8. The monoisotopic (exact) mass is 238 g/mol. The van der Waals surface area contributed by atoms with E-state index in [0.29, 0.717) is 11.8 Å². The third kappa shape index (κ3) is 2.82. The van der Waals surface area contributed by atoms with Crippen molar-refractivity contribution in [3.8, 4) is 0 Å². The molecule has 1 atom stereocenters. The number of carbonyl (C=O) groups is 1. The minimum atomic E-state index is 0.215. The van der Waals surface area contributed by atoms with Crippen LogP contribution in [-0.4, -0.2) is 37.0 Å². The van der Waals surface area contributed by atoms with Crippen molar-refractivity contribution in [3.63, 3.8) is 0 Å². The van der Waals surface area contributed by atoms with Crippen LogP contribution in [0.3, 0.4) is 0 Å². The van der Waals surface area contributed by atoms with Crippen molar-refractivity contribution >= 4 is 5.91 Å². The molecule has 2 heterocycles. The average Bonchev–Trinajstić information content (AvgIpc) is 2.25. The van der Waals surface area contributed by atoms with Crippen molar-refractivity contribution in [2.24, 2.45) is 23.7 Å². The molecule has 1 amide bonds. The first-order chi connectivity index (χ1) is 8.09. The van der Waals surface area contributed by atoms with E-state index in [2.05, 4.69) is 31.0 Å². The molecule has 1 N–H and O–H groups in total. The second-order valence-corrected chi connectivity index (χ2v) is 6.11. The van der Waals surface area contributed by atoms with Crippen LogP contribution in [0, 0.1) is 23.7 Å². The van der Waals surface area contributed by atoms with E-state index in [1.165, 1.54) is 12.8 Å². The van der Waals surface area contributed by atoms with Gasteiger partial charge in [-0.05, 0) is 43.7 Å². The maximum atomic E-state index is 12.3. The lowest BCUT2D eigenvalue weighted by molar-refractivity contribution is -0.139. The molecule has 98 valence electrons. The minimum absolute atomic E-state index is 0.215. The molecule has 1 unspecified atom stereocenters. The van der Waals surface area contributed by atoms with Crippen molar-refractivity contribution in [2.75, 3.05) is 26.2 Å². The van der Waals surface area contributed by atoms with Crippen LogP contribution < -0.4 is 5.32 Å². The molecule has 3 nitrogen and oxygen atoms in total. The van der Waals surface area contributed by atoms with Gasteiger partial charge in [0.1, 0.15) is 0 Å². The highest BCUT2D eigenvalue weighted by molar-refractivity contribution is 5.79. The van der Waals surface area contributed by atoms with Gasteiger partial charge in [0.05, 0.1) is 0 Å². The fraction of sp³-hybridized carbons (Fsp3) is 0.929. The minimum Gasteiger partial charge on any atom is -0.342 e. The number of hydrogen-bond donors (Lipinski definition) is 1. The van der Waals surface area contributed by atoms with Crippen molar-refractivity contribution in [1.82, 2.24) is 10.2 Å². The number of rotatable bonds is 3. The van der Waals surface area contributed by atoms with Gasteiger partial charge in [-0.3, -0.25) is 4.79 Å². The van der Waals surface area contributed by atoms with E-state index < -0.39 is 0 Å². The number of piperidine rings is 1. The molecule has 0 aromatic heterocycles. The zero-order valence-electron chi connectivity index (χ0n) is 11.4. The first kappa shape index (κ1) is 12.9. The van der Waals surface area contributed by atoms with Crippen molar-refractivity contribution < 1.29 is 4.79 Å². The van der Waals surface area contributed by atoms with Crippen LogP contribution in [0.25, 0.3) is 0 Å². The Hall–Kier alpha value is -0.570. The standard InChI is InChI=1S/C14H26N2O/c1-10(2)12-4-6-16(7-5-12)14(17)11(3)13-8-15-9-13/h10-13,15H,4-9H2,1-3H3. The highest BCUT2D eigenvalue weighted by Crippen LogP contribution is 2.26. The summed E-state index contributed by atoms with van der Waals surface area (Å²) in [6.07, 6.45) is 2.39. The number of carbonyl (C=O) groups excluding carboxylic acids is 1. The molecule has 2 aliphatic rings. The van der Waals surface area contributed by atoms with E-state index in [9.17, 15) is 4.79 Å². The predicted molar refractivity (Wildman–Crippen MR) is 69.7 cm³/mol. The second-order valence-electron chi connectivity index (χ2n) is 6.11. The Morgan fingerprint density at radius 1 is 1.12 bits per heavy atom. The van der Waals surface area contributed by atoms with E-state index >= 15 is 0 Å². The molecule has 17 heavy (non-hydrogen) atoms. The maximum Gasteiger partial charge on any atom is 0.225 e. The van der Waals surface area contributed by atoms with Crippen molar-refractivity contribution in [3.05, 3.63) is 0 Å². The van der Waals surface area contributed by atoms with Gasteiger partial charge in [-0.1, -0.05) is 20.8 Å². The van der Waals surface area contributed by atoms with Crippen molar-refractivity contribution in [1.29, 1.82) is 0 Å². The maximum absolute atomic E-state index is 12.3. The molecule has 2 saturated heterocycles. The van der Waals surface area contributed by atoms with E-state index in [4.69, 9.17) is 0 Å². The Morgan fingerprint density at radius 3 is 2.12 bits per heavy atom. The quantitative estimate of drug-likeness (QED) is 0.812. The van der Waals surface area contributed by atoms with E-state index in [-0.39, 0.29) is 5.92 Å². The van der Waals surface area contributed by atoms with E-state index in [0.717, 1.165) is 38.0 Å². The fourth-order valence-corrected chi connectivity index (χ4v) is 2.94. The van der Waals surface area contributed by atoms with Crippen LogP contribution >= 0.6 is 0 Å². The largest absolute Gasteiger partial charge is 0.342 e. The Bertz CT molecular complexity index is 265. The lowest BCUT2D eigenvalue weighted by Gasteiger charge is -2.38. The van der Waals surface area contributed by atoms with Gasteiger partial charge < -0.3 is 10.2 Å². The van der Waals surface area contributed by atoms with Gasteiger partial charge in [0.15, 0.2) is 0 Å². The molecule has 0 aliphatic carbocycles. The van der Waals surface area contributed by atoms with Crippen LogP contribution in [-0.2, 0) is 4.79 Å². The summed E-state index contributed by atoms with van der Waals surface area (Å²) in [5.74, 6) is 2.76. The molecule has 0 radical (unpaired) electrons. The number of hydrogen-bond acceptors (Lipinski definition) is 2. The molecule has 0 aromatic rings. The highest BCUT2D eigenvalue weighted by atomic mass is 16.2. The van der Waals surface area contributed by atoms with Gasteiger partial charge in [0.25, 0.3) is 0 Å². The number of nitrogens with zero attached hydrogens (tertiary/aromatic N) is 1. The zero-order valence-corrected chi connectivity index (χ0v) is 11.4. The Labute approximate surface area is 105 Å². The van der Waals surface area contributed by atoms with Crippen LogP contribution in [0.15, 0.2) is 0 Å². The molecule has 2 fully saturated rings. The van der Waals surface area contributed by atoms with Gasteiger partial charge in [-0.25, -0.2) is 0 Å². The second kappa shape index (κ2) is 5.38. The smallest absolute Gasteiger partial charge is 0.225 e. The zero-order chi connectivity index (χ0) is 12.4. The molecule has 2 aliphatic heterocycles. The van der Waals surface area contributed by atoms with Gasteiger partial charge in [0, 0.05) is 19.0 Å². The first-order valence-corrected chi connectivity index (χ1v) is 7.09. The first-order valence-electron chi connectivity index (χ1n) is 7.09. The predicted octanol–water partition coefficient (Wildman–Crippen LogP) is 1.74. The summed E-state index contributed by atoms with van der Waals surface area (Å²) in [6.45, 7) is 10.7. The van der Waals surface area contributed by atoms with Crippen molar-refractivity contribution in [2.45, 2.75) is 33.6 Å². The van der Waals surface area contributed by atoms with Crippen LogP contribution in [0.4, 0.5) is 0 Å². The Balaban J connectivity index is 1.81. The summed E-state index contributed by atoms with van der Waals surface area (Å²) >= 11 is 0. The number of amides is 1. The Kier molecular flexibility index (Phi) is 4.08. The topological polar surface area (TPSA) is 32.3 Å². The summed E-state index contributed by atoms with van der Waals surface area (Å²) in [5.41, 5.74) is 0. The number of likely N-dealkylation sites (tertiary alicyclic amines) is 1. The molecule has 0 aromatic carbocycles. The third-order valence-electron chi connectivity index (χ3n) is 4.70. The molecule has 0 bridgehead atoms. The lowest BCUT2D eigenvalue weighted by atomic mass is 9.84. The summed E-state index contributed by atoms with van der Waals surface area (Å²) in [5, 5.41) is 3.25. The summed E-state index contributed by atoms with van der Waals surface area (Å²) < 4.78 is 0. The van der Waals surface area contributed by atoms with Gasteiger partial charge in [0.2, 0.25) is 5.91 Å². The van der Waals surface area contributed by atoms with Crippen LogP contribution in [0.1, 0.15) is 33.6 Å². The van der Waals surface area contributed by atoms with E-state index in [1.54, 1.807) is 0 Å². The molecule has 3 heteroatoms. The van der Waals surface area contributed by atoms with Crippen LogP contribution in [0.2, 0.25) is 0 Å². The van der Waals surface area contributed by atoms with Crippen LogP contribution in [0.5, 0.6) is 0 Å². The third-order valence-corrected chi connectivity index (χ3v) is 4.70. The molecule has 0 spiro atoms. The van der Waals surface area contributed by atoms with E-state index in [1.807, 2.05) is 0 Å². The van der Waals surface area contributed by atoms with Gasteiger partial charge in [-0.15, -0.1) is 0 Å². The molecular formula is C14H26N2O.